The lowest BCUT2D eigenvalue weighted by Gasteiger charge is -2.70. The van der Waals surface area contributed by atoms with E-state index in [0.29, 0.717) is 15.6 Å². The summed E-state index contributed by atoms with van der Waals surface area (Å²) < 4.78 is 5.56. The van der Waals surface area contributed by atoms with E-state index in [1.807, 2.05) is 6.92 Å². The molecular weight excluding hydrogens is 424 g/mol. The fourth-order valence-electron chi connectivity index (χ4n) is 4.43. The van der Waals surface area contributed by atoms with Gasteiger partial charge in [-0.3, -0.25) is 14.6 Å². The number of carbonyl (C=O) groups excluding carboxylic acids is 2. The molecule has 2 bridgehead atoms. The Bertz CT molecular complexity index is 1130. The predicted molar refractivity (Wildman–Crippen MR) is 114 cm³/mol. The Balaban J connectivity index is 1.12. The van der Waals surface area contributed by atoms with Crippen LogP contribution in [0, 0.1) is 6.92 Å². The summed E-state index contributed by atoms with van der Waals surface area (Å²) in [5.41, 5.74) is 1.17. The average Bonchev–Trinajstić information content (AvgIpc) is 3.10. The molecule has 154 valence electrons. The van der Waals surface area contributed by atoms with Gasteiger partial charge in [0.05, 0.1) is 4.88 Å². The van der Waals surface area contributed by atoms with Gasteiger partial charge in [0.1, 0.15) is 16.1 Å². The third kappa shape index (κ3) is 3.40. The van der Waals surface area contributed by atoms with Gasteiger partial charge in [-0.15, -0.1) is 11.3 Å². The fourth-order valence-corrected chi connectivity index (χ4v) is 5.40. The number of ether oxygens (including phenoxy) is 1. The van der Waals surface area contributed by atoms with Crippen LogP contribution in [0.4, 0.5) is 0 Å². The molecule has 0 saturated heterocycles. The molecule has 7 nitrogen and oxygen atoms in total. The Morgan fingerprint density at radius 2 is 1.87 bits per heavy atom. The molecule has 0 unspecified atom stereocenters. The van der Waals surface area contributed by atoms with Gasteiger partial charge in [-0.1, -0.05) is 11.6 Å². The number of hydrogen-bond acceptors (Lipinski definition) is 6. The second kappa shape index (κ2) is 6.92. The van der Waals surface area contributed by atoms with Crippen LogP contribution >= 0.6 is 22.9 Å². The molecule has 3 aromatic rings. The van der Waals surface area contributed by atoms with Crippen LogP contribution in [0.1, 0.15) is 34.5 Å². The van der Waals surface area contributed by atoms with Crippen molar-refractivity contribution in [3.63, 3.8) is 0 Å². The van der Waals surface area contributed by atoms with Crippen molar-refractivity contribution in [3.05, 3.63) is 52.1 Å². The van der Waals surface area contributed by atoms with Gasteiger partial charge in [0, 0.05) is 28.5 Å². The minimum absolute atomic E-state index is 0.0516. The molecule has 0 spiro atoms. The van der Waals surface area contributed by atoms with Crippen LogP contribution in [0.15, 0.2) is 36.7 Å². The van der Waals surface area contributed by atoms with Crippen molar-refractivity contribution in [1.82, 2.24) is 20.6 Å². The number of rotatable bonds is 6. The summed E-state index contributed by atoms with van der Waals surface area (Å²) in [5, 5.41) is 6.84. The number of nitrogens with zero attached hydrogens (tertiary/aromatic N) is 2. The molecule has 3 fully saturated rings. The standard InChI is InChI=1S/C21H19ClN4O3S/c1-12-6-13(2-3-14(12)22)29-8-17(27)25-20-9-21(10-20,11-20)26-18(28)16-7-15-19(30-16)24-5-4-23-15/h2-7H,8-11H2,1H3,(H,25,27)(H,26,28). The topological polar surface area (TPSA) is 93.2 Å². The number of hydrogen-bond donors (Lipinski definition) is 2. The smallest absolute Gasteiger partial charge is 0.261 e. The Hall–Kier alpha value is -2.71. The van der Waals surface area contributed by atoms with Crippen molar-refractivity contribution in [2.24, 2.45) is 0 Å². The summed E-state index contributed by atoms with van der Waals surface area (Å²) in [4.78, 5) is 34.7. The van der Waals surface area contributed by atoms with Crippen LogP contribution < -0.4 is 15.4 Å². The van der Waals surface area contributed by atoms with Crippen molar-refractivity contribution < 1.29 is 14.3 Å². The molecule has 0 radical (unpaired) electrons. The first-order valence-electron chi connectivity index (χ1n) is 9.59. The number of halogens is 1. The highest BCUT2D eigenvalue weighted by Gasteiger charge is 2.69. The Labute approximate surface area is 181 Å². The van der Waals surface area contributed by atoms with Gasteiger partial charge in [-0.2, -0.15) is 0 Å². The normalized spacial score (nSPS) is 23.9. The highest BCUT2D eigenvalue weighted by atomic mass is 35.5. The van der Waals surface area contributed by atoms with E-state index < -0.39 is 0 Å². The van der Waals surface area contributed by atoms with Gasteiger partial charge in [0.2, 0.25) is 0 Å². The third-order valence-electron chi connectivity index (χ3n) is 5.70. The highest BCUT2D eigenvalue weighted by molar-refractivity contribution is 7.20. The van der Waals surface area contributed by atoms with Crippen molar-refractivity contribution in [3.8, 4) is 5.75 Å². The van der Waals surface area contributed by atoms with Crippen LogP contribution in [0.25, 0.3) is 10.3 Å². The summed E-state index contributed by atoms with van der Waals surface area (Å²) in [7, 11) is 0. The minimum atomic E-state index is -0.229. The van der Waals surface area contributed by atoms with Crippen LogP contribution in [-0.2, 0) is 4.79 Å². The summed E-state index contributed by atoms with van der Waals surface area (Å²) in [5.74, 6) is 0.338. The molecule has 3 aliphatic carbocycles. The second-order valence-electron chi connectivity index (χ2n) is 8.15. The lowest BCUT2D eigenvalue weighted by molar-refractivity contribution is -0.141. The van der Waals surface area contributed by atoms with Crippen molar-refractivity contribution in [1.29, 1.82) is 0 Å². The van der Waals surface area contributed by atoms with E-state index in [0.717, 1.165) is 35.2 Å². The molecule has 3 aliphatic rings. The van der Waals surface area contributed by atoms with Crippen LogP contribution in [0.2, 0.25) is 5.02 Å². The molecule has 0 aliphatic heterocycles. The zero-order chi connectivity index (χ0) is 20.9. The molecule has 6 rings (SSSR count). The number of aromatic nitrogens is 2. The summed E-state index contributed by atoms with van der Waals surface area (Å²) in [6.07, 6.45) is 5.44. The van der Waals surface area contributed by atoms with Gasteiger partial charge >= 0.3 is 0 Å². The van der Waals surface area contributed by atoms with Gasteiger partial charge in [0.15, 0.2) is 6.61 Å². The maximum atomic E-state index is 12.6. The van der Waals surface area contributed by atoms with E-state index in [1.165, 1.54) is 11.3 Å². The summed E-state index contributed by atoms with van der Waals surface area (Å²) in [6, 6.07) is 7.06. The Morgan fingerprint density at radius 1 is 1.13 bits per heavy atom. The van der Waals surface area contributed by atoms with Gasteiger partial charge in [-0.05, 0) is 56.0 Å². The number of aryl methyl sites for hydroxylation is 1. The lowest BCUT2D eigenvalue weighted by Crippen LogP contribution is -2.84. The van der Waals surface area contributed by atoms with E-state index in [2.05, 4.69) is 20.6 Å². The highest BCUT2D eigenvalue weighted by Crippen LogP contribution is 2.60. The number of thiophene rings is 1. The monoisotopic (exact) mass is 442 g/mol. The number of nitrogens with one attached hydrogen (secondary N) is 2. The summed E-state index contributed by atoms with van der Waals surface area (Å²) in [6.45, 7) is 1.83. The van der Waals surface area contributed by atoms with E-state index in [9.17, 15) is 9.59 Å². The van der Waals surface area contributed by atoms with Crippen molar-refractivity contribution in [2.75, 3.05) is 6.61 Å². The van der Waals surface area contributed by atoms with Crippen molar-refractivity contribution >= 4 is 45.1 Å². The molecule has 1 aromatic carbocycles. The zero-order valence-corrected chi connectivity index (χ0v) is 17.8. The van der Waals surface area contributed by atoms with Crippen LogP contribution in [0.5, 0.6) is 5.75 Å². The minimum Gasteiger partial charge on any atom is -0.484 e. The first-order chi connectivity index (χ1) is 14.4. The molecule has 2 heterocycles. The molecule has 2 amide bonds. The quantitative estimate of drug-likeness (QED) is 0.611. The van der Waals surface area contributed by atoms with Crippen LogP contribution in [-0.4, -0.2) is 39.5 Å². The Kier molecular flexibility index (Phi) is 4.44. The maximum absolute atomic E-state index is 12.6. The van der Waals surface area contributed by atoms with E-state index in [-0.39, 0.29) is 29.5 Å². The van der Waals surface area contributed by atoms with E-state index in [4.69, 9.17) is 16.3 Å². The number of amides is 2. The molecule has 30 heavy (non-hydrogen) atoms. The molecule has 3 saturated carbocycles. The number of fused-ring (bicyclic) bond motifs is 1. The predicted octanol–water partition coefficient (Wildman–Crippen LogP) is 3.25. The first kappa shape index (κ1) is 19.3. The fraction of sp³-hybridized carbons (Fsp3) is 0.333. The molecule has 9 heteroatoms. The number of benzene rings is 1. The molecule has 0 atom stereocenters. The van der Waals surface area contributed by atoms with Gasteiger partial charge in [-0.25, -0.2) is 4.98 Å². The first-order valence-corrected chi connectivity index (χ1v) is 10.8. The maximum Gasteiger partial charge on any atom is 0.261 e. The SMILES string of the molecule is Cc1cc(OCC(=O)NC23CC(NC(=O)c4cc5nccnc5s4)(C2)C3)ccc1Cl. The van der Waals surface area contributed by atoms with E-state index >= 15 is 0 Å². The van der Waals surface area contributed by atoms with E-state index in [1.54, 1.807) is 36.7 Å². The molecule has 2 N–H and O–H groups in total. The Morgan fingerprint density at radius 3 is 2.60 bits per heavy atom. The summed E-state index contributed by atoms with van der Waals surface area (Å²) >= 11 is 7.33. The lowest BCUT2D eigenvalue weighted by atomic mass is 9.44. The van der Waals surface area contributed by atoms with Gasteiger partial charge in [0.25, 0.3) is 11.8 Å². The van der Waals surface area contributed by atoms with Gasteiger partial charge < -0.3 is 15.4 Å². The third-order valence-corrected chi connectivity index (χ3v) is 7.16. The second-order valence-corrected chi connectivity index (χ2v) is 9.59. The molecular formula is C21H19ClN4O3S. The number of carbonyl (C=O) groups is 2. The van der Waals surface area contributed by atoms with Crippen molar-refractivity contribution in [2.45, 2.75) is 37.3 Å². The molecule has 2 aromatic heterocycles. The van der Waals surface area contributed by atoms with Crippen LogP contribution in [0.3, 0.4) is 0 Å². The average molecular weight is 443 g/mol. The largest absolute Gasteiger partial charge is 0.484 e. The zero-order valence-electron chi connectivity index (χ0n) is 16.2.